The highest BCUT2D eigenvalue weighted by molar-refractivity contribution is 5.94. The Morgan fingerprint density at radius 1 is 1.20 bits per heavy atom. The minimum atomic E-state index is -0.555. The molecule has 0 aliphatic heterocycles. The largest absolute Gasteiger partial charge is 0.486 e. The predicted molar refractivity (Wildman–Crippen MR) is 72.9 cm³/mol. The van der Waals surface area contributed by atoms with Crippen LogP contribution in [-0.2, 0) is 11.3 Å². The number of methoxy groups -OCH3 is 1. The van der Waals surface area contributed by atoms with E-state index in [4.69, 9.17) is 10.5 Å². The van der Waals surface area contributed by atoms with Crippen LogP contribution in [0.1, 0.15) is 15.9 Å². The number of nitrogen functional groups attached to an aromatic ring is 1. The molecule has 0 saturated heterocycles. The van der Waals surface area contributed by atoms with E-state index in [-0.39, 0.29) is 23.7 Å². The zero-order valence-corrected chi connectivity index (χ0v) is 10.9. The highest BCUT2D eigenvalue weighted by Crippen LogP contribution is 2.28. The molecule has 2 aromatic carbocycles. The summed E-state index contributed by atoms with van der Waals surface area (Å²) in [6.45, 7) is -0.0229. The van der Waals surface area contributed by atoms with E-state index in [1.54, 1.807) is 36.4 Å². The smallest absolute Gasteiger partial charge is 0.341 e. The average Bonchev–Trinajstić information content (AvgIpc) is 2.46. The summed E-state index contributed by atoms with van der Waals surface area (Å²) in [6, 6.07) is 11.0. The van der Waals surface area contributed by atoms with Crippen molar-refractivity contribution in [1.82, 2.24) is 0 Å². The van der Waals surface area contributed by atoms with Gasteiger partial charge in [0, 0.05) is 5.56 Å². The number of nitrogens with two attached hydrogens (primary N) is 1. The van der Waals surface area contributed by atoms with Crippen LogP contribution in [-0.4, -0.2) is 13.1 Å². The molecule has 0 bridgehead atoms. The van der Waals surface area contributed by atoms with Crippen LogP contribution >= 0.6 is 0 Å². The van der Waals surface area contributed by atoms with Crippen LogP contribution in [0.5, 0.6) is 5.75 Å². The Balaban J connectivity index is 2.25. The Labute approximate surface area is 115 Å². The summed E-state index contributed by atoms with van der Waals surface area (Å²) in [5.41, 5.74) is 6.68. The van der Waals surface area contributed by atoms with Crippen molar-refractivity contribution >= 4 is 11.7 Å². The van der Waals surface area contributed by atoms with E-state index < -0.39 is 5.97 Å². The topological polar surface area (TPSA) is 61.5 Å². The summed E-state index contributed by atoms with van der Waals surface area (Å²) in [6.07, 6.45) is 0. The summed E-state index contributed by atoms with van der Waals surface area (Å²) in [5.74, 6) is -0.731. The molecule has 0 radical (unpaired) electrons. The first-order valence-corrected chi connectivity index (χ1v) is 5.96. The van der Waals surface area contributed by atoms with E-state index in [0.29, 0.717) is 11.3 Å². The van der Waals surface area contributed by atoms with E-state index in [9.17, 15) is 9.18 Å². The molecule has 5 heteroatoms. The standard InChI is InChI=1S/C15H14FNO3/c1-19-15(18)11-6-4-8-13(17)14(11)20-9-10-5-2-3-7-12(10)16/h2-8H,9,17H2,1H3. The molecule has 0 saturated carbocycles. The normalized spacial score (nSPS) is 10.1. The number of hydrogen-bond acceptors (Lipinski definition) is 4. The van der Waals surface area contributed by atoms with Gasteiger partial charge in [-0.25, -0.2) is 9.18 Å². The molecule has 104 valence electrons. The maximum atomic E-state index is 13.5. The number of halogens is 1. The number of carbonyl (C=O) groups excluding carboxylic acids is 1. The fourth-order valence-electron chi connectivity index (χ4n) is 1.75. The quantitative estimate of drug-likeness (QED) is 0.688. The fourth-order valence-corrected chi connectivity index (χ4v) is 1.75. The molecule has 2 aromatic rings. The van der Waals surface area contributed by atoms with Crippen molar-refractivity contribution in [1.29, 1.82) is 0 Å². The minimum absolute atomic E-state index is 0.0229. The van der Waals surface area contributed by atoms with Gasteiger partial charge < -0.3 is 15.2 Å². The molecule has 0 heterocycles. The molecule has 4 nitrogen and oxygen atoms in total. The first kappa shape index (κ1) is 13.9. The zero-order valence-electron chi connectivity index (χ0n) is 10.9. The van der Waals surface area contributed by atoms with E-state index in [0.717, 1.165) is 0 Å². The van der Waals surface area contributed by atoms with Gasteiger partial charge in [0.15, 0.2) is 5.75 Å². The third-order valence-electron chi connectivity index (χ3n) is 2.78. The molecule has 0 fully saturated rings. The minimum Gasteiger partial charge on any atom is -0.486 e. The molecular weight excluding hydrogens is 261 g/mol. The van der Waals surface area contributed by atoms with Crippen LogP contribution in [0.25, 0.3) is 0 Å². The van der Waals surface area contributed by atoms with Crippen molar-refractivity contribution in [2.75, 3.05) is 12.8 Å². The van der Waals surface area contributed by atoms with Gasteiger partial charge in [0.2, 0.25) is 0 Å². The highest BCUT2D eigenvalue weighted by Gasteiger charge is 2.16. The first-order valence-electron chi connectivity index (χ1n) is 5.96. The lowest BCUT2D eigenvalue weighted by atomic mass is 10.1. The number of rotatable bonds is 4. The summed E-state index contributed by atoms with van der Waals surface area (Å²) < 4.78 is 23.7. The lowest BCUT2D eigenvalue weighted by Gasteiger charge is -2.13. The average molecular weight is 275 g/mol. The summed E-state index contributed by atoms with van der Waals surface area (Å²) >= 11 is 0. The molecule has 2 N–H and O–H groups in total. The van der Waals surface area contributed by atoms with Gasteiger partial charge >= 0.3 is 5.97 Å². The van der Waals surface area contributed by atoms with Crippen molar-refractivity contribution in [3.05, 3.63) is 59.4 Å². The second kappa shape index (κ2) is 6.06. The number of ether oxygens (including phenoxy) is 2. The number of esters is 1. The first-order chi connectivity index (χ1) is 9.63. The maximum Gasteiger partial charge on any atom is 0.341 e. The monoisotopic (exact) mass is 275 g/mol. The maximum absolute atomic E-state index is 13.5. The third kappa shape index (κ3) is 2.88. The van der Waals surface area contributed by atoms with Crippen LogP contribution in [0.3, 0.4) is 0 Å². The van der Waals surface area contributed by atoms with Crippen molar-refractivity contribution in [2.45, 2.75) is 6.61 Å². The summed E-state index contributed by atoms with van der Waals surface area (Å²) in [7, 11) is 1.27. The molecule has 0 atom stereocenters. The highest BCUT2D eigenvalue weighted by atomic mass is 19.1. The van der Waals surface area contributed by atoms with Crippen molar-refractivity contribution in [3.8, 4) is 5.75 Å². The molecule has 20 heavy (non-hydrogen) atoms. The molecule has 0 amide bonds. The number of anilines is 1. The van der Waals surface area contributed by atoms with Gasteiger partial charge in [-0.05, 0) is 18.2 Å². The fraction of sp³-hybridized carbons (Fsp3) is 0.133. The molecule has 0 aromatic heterocycles. The van der Waals surface area contributed by atoms with Crippen LogP contribution in [0, 0.1) is 5.82 Å². The number of hydrogen-bond donors (Lipinski definition) is 1. The molecule has 0 aliphatic carbocycles. The number of para-hydroxylation sites is 1. The SMILES string of the molecule is COC(=O)c1cccc(N)c1OCc1ccccc1F. The van der Waals surface area contributed by atoms with Crippen LogP contribution in [0.4, 0.5) is 10.1 Å². The molecular formula is C15H14FNO3. The van der Waals surface area contributed by atoms with Gasteiger partial charge in [-0.3, -0.25) is 0 Å². The van der Waals surface area contributed by atoms with Crippen molar-refractivity contribution < 1.29 is 18.7 Å². The van der Waals surface area contributed by atoms with Crippen LogP contribution < -0.4 is 10.5 Å². The van der Waals surface area contributed by atoms with E-state index in [2.05, 4.69) is 4.74 Å². The Bertz CT molecular complexity index is 628. The number of benzene rings is 2. The van der Waals surface area contributed by atoms with E-state index in [1.165, 1.54) is 13.2 Å². The Hall–Kier alpha value is -2.56. The van der Waals surface area contributed by atoms with E-state index >= 15 is 0 Å². The molecule has 0 aliphatic rings. The number of carbonyl (C=O) groups is 1. The van der Waals surface area contributed by atoms with Crippen molar-refractivity contribution in [3.63, 3.8) is 0 Å². The Kier molecular flexibility index (Phi) is 4.20. The van der Waals surface area contributed by atoms with Crippen LogP contribution in [0.15, 0.2) is 42.5 Å². The van der Waals surface area contributed by atoms with Gasteiger partial charge in [0.05, 0.1) is 12.8 Å². The van der Waals surface area contributed by atoms with Gasteiger partial charge in [-0.1, -0.05) is 24.3 Å². The van der Waals surface area contributed by atoms with Gasteiger partial charge in [0.25, 0.3) is 0 Å². The van der Waals surface area contributed by atoms with E-state index in [1.807, 2.05) is 0 Å². The lowest BCUT2D eigenvalue weighted by Crippen LogP contribution is -2.08. The Morgan fingerprint density at radius 3 is 2.65 bits per heavy atom. The zero-order chi connectivity index (χ0) is 14.5. The Morgan fingerprint density at radius 2 is 1.95 bits per heavy atom. The summed E-state index contributed by atoms with van der Waals surface area (Å²) in [4.78, 5) is 11.6. The summed E-state index contributed by atoms with van der Waals surface area (Å²) in [5, 5.41) is 0. The van der Waals surface area contributed by atoms with Crippen molar-refractivity contribution in [2.24, 2.45) is 0 Å². The van der Waals surface area contributed by atoms with Gasteiger partial charge in [-0.2, -0.15) is 0 Å². The second-order valence-electron chi connectivity index (χ2n) is 4.10. The lowest BCUT2D eigenvalue weighted by molar-refractivity contribution is 0.0595. The second-order valence-corrected chi connectivity index (χ2v) is 4.10. The third-order valence-corrected chi connectivity index (χ3v) is 2.78. The van der Waals surface area contributed by atoms with Gasteiger partial charge in [-0.15, -0.1) is 0 Å². The predicted octanol–water partition coefficient (Wildman–Crippen LogP) is 2.77. The van der Waals surface area contributed by atoms with Crippen LogP contribution in [0.2, 0.25) is 0 Å². The molecule has 0 spiro atoms. The molecule has 0 unspecified atom stereocenters. The van der Waals surface area contributed by atoms with Gasteiger partial charge in [0.1, 0.15) is 18.0 Å². The molecule has 2 rings (SSSR count).